The first-order valence-corrected chi connectivity index (χ1v) is 6.30. The Balaban J connectivity index is 1.83. The minimum Gasteiger partial charge on any atom is -0.462 e. The van der Waals surface area contributed by atoms with E-state index >= 15 is 0 Å². The summed E-state index contributed by atoms with van der Waals surface area (Å²) >= 11 is 0. The lowest BCUT2D eigenvalue weighted by Gasteiger charge is -2.37. The molecule has 1 N–H and O–H groups in total. The summed E-state index contributed by atoms with van der Waals surface area (Å²) in [4.78, 5) is 11.9. The first-order valence-electron chi connectivity index (χ1n) is 6.30. The third-order valence-electron chi connectivity index (χ3n) is 3.88. The fourth-order valence-corrected chi connectivity index (χ4v) is 2.92. The van der Waals surface area contributed by atoms with Crippen LogP contribution in [0.5, 0.6) is 0 Å². The Morgan fingerprint density at radius 3 is 2.59 bits per heavy atom. The van der Waals surface area contributed by atoms with Gasteiger partial charge < -0.3 is 4.74 Å². The van der Waals surface area contributed by atoms with E-state index in [4.69, 9.17) is 4.74 Å². The van der Waals surface area contributed by atoms with Crippen LogP contribution < -0.4 is 5.32 Å². The molecule has 1 atom stereocenters. The van der Waals surface area contributed by atoms with Gasteiger partial charge in [-0.15, -0.1) is 0 Å². The molecule has 90 valence electrons. The lowest BCUT2D eigenvalue weighted by Crippen LogP contribution is -2.57. The molecule has 3 heteroatoms. The van der Waals surface area contributed by atoms with Crippen LogP contribution in [-0.4, -0.2) is 18.1 Å². The maximum Gasteiger partial charge on any atom is 0.326 e. The molecule has 1 saturated carbocycles. The minimum absolute atomic E-state index is 0.0535. The van der Waals surface area contributed by atoms with Gasteiger partial charge >= 0.3 is 5.97 Å². The molecule has 2 aliphatic rings. The van der Waals surface area contributed by atoms with Crippen LogP contribution in [0.2, 0.25) is 0 Å². The fourth-order valence-electron chi connectivity index (χ4n) is 2.92. The highest BCUT2D eigenvalue weighted by Gasteiger charge is 2.47. The Hall–Kier alpha value is -1.35. The van der Waals surface area contributed by atoms with Crippen molar-refractivity contribution >= 4 is 5.97 Å². The number of carbonyl (C=O) groups is 1. The van der Waals surface area contributed by atoms with Gasteiger partial charge in [0, 0.05) is 0 Å². The van der Waals surface area contributed by atoms with Gasteiger partial charge in [-0.2, -0.15) is 0 Å². The standard InChI is InChI=1S/C14H17NO2/c16-13-14(8-4-5-9-14)15-12(10-17-13)11-6-2-1-3-7-11/h1-3,6-7,12,15H,4-5,8-10H2/t12-/m1/s1. The lowest BCUT2D eigenvalue weighted by atomic mass is 9.92. The molecule has 1 saturated heterocycles. The van der Waals surface area contributed by atoms with Gasteiger partial charge in [0.1, 0.15) is 12.1 Å². The second kappa shape index (κ2) is 4.15. The van der Waals surface area contributed by atoms with Crippen LogP contribution in [0.25, 0.3) is 0 Å². The monoisotopic (exact) mass is 231 g/mol. The average Bonchev–Trinajstić information content (AvgIpc) is 2.84. The van der Waals surface area contributed by atoms with Crippen LogP contribution in [0.15, 0.2) is 30.3 Å². The molecule has 0 amide bonds. The molecular formula is C14H17NO2. The quantitative estimate of drug-likeness (QED) is 0.753. The predicted octanol–water partition coefficient (Wildman–Crippen LogP) is 2.19. The zero-order valence-corrected chi connectivity index (χ0v) is 9.82. The number of hydrogen-bond acceptors (Lipinski definition) is 3. The molecule has 1 aliphatic heterocycles. The molecule has 1 aliphatic carbocycles. The fraction of sp³-hybridized carbons (Fsp3) is 0.500. The molecule has 17 heavy (non-hydrogen) atoms. The van der Waals surface area contributed by atoms with Crippen molar-refractivity contribution in [1.82, 2.24) is 5.32 Å². The molecular weight excluding hydrogens is 214 g/mol. The first-order chi connectivity index (χ1) is 8.30. The molecule has 3 rings (SSSR count). The number of nitrogens with one attached hydrogen (secondary N) is 1. The van der Waals surface area contributed by atoms with E-state index < -0.39 is 5.54 Å². The second-order valence-electron chi connectivity index (χ2n) is 5.00. The number of rotatable bonds is 1. The molecule has 3 nitrogen and oxygen atoms in total. The van der Waals surface area contributed by atoms with E-state index in [1.807, 2.05) is 18.2 Å². The summed E-state index contributed by atoms with van der Waals surface area (Å²) in [7, 11) is 0. The Kier molecular flexibility index (Phi) is 2.63. The van der Waals surface area contributed by atoms with Crippen molar-refractivity contribution in [3.05, 3.63) is 35.9 Å². The highest BCUT2D eigenvalue weighted by Crippen LogP contribution is 2.36. The number of hydrogen-bond donors (Lipinski definition) is 1. The Bertz CT molecular complexity index is 409. The minimum atomic E-state index is -0.404. The van der Waals surface area contributed by atoms with E-state index in [9.17, 15) is 4.79 Å². The zero-order valence-electron chi connectivity index (χ0n) is 9.82. The largest absolute Gasteiger partial charge is 0.462 e. The summed E-state index contributed by atoms with van der Waals surface area (Å²) in [6.07, 6.45) is 4.05. The number of carbonyl (C=O) groups excluding carboxylic acids is 1. The zero-order chi connectivity index (χ0) is 11.7. The number of ether oxygens (including phenoxy) is 1. The molecule has 0 bridgehead atoms. The van der Waals surface area contributed by atoms with Gasteiger partial charge in [-0.25, -0.2) is 0 Å². The SMILES string of the molecule is O=C1OC[C@H](c2ccccc2)NC12CCCC2. The maximum absolute atomic E-state index is 11.9. The Labute approximate surface area is 101 Å². The van der Waals surface area contributed by atoms with Crippen LogP contribution in [0.3, 0.4) is 0 Å². The molecule has 0 aromatic heterocycles. The molecule has 0 unspecified atom stereocenters. The van der Waals surface area contributed by atoms with E-state index in [1.165, 1.54) is 5.56 Å². The van der Waals surface area contributed by atoms with Crippen molar-refractivity contribution in [2.24, 2.45) is 0 Å². The summed E-state index contributed by atoms with van der Waals surface area (Å²) < 4.78 is 5.38. The van der Waals surface area contributed by atoms with E-state index in [-0.39, 0.29) is 12.0 Å². The van der Waals surface area contributed by atoms with Crippen LogP contribution in [0.4, 0.5) is 0 Å². The molecule has 0 radical (unpaired) electrons. The molecule has 1 aromatic rings. The van der Waals surface area contributed by atoms with Gasteiger partial charge in [0.15, 0.2) is 0 Å². The van der Waals surface area contributed by atoms with Gasteiger partial charge in [0.25, 0.3) is 0 Å². The lowest BCUT2D eigenvalue weighted by molar-refractivity contribution is -0.158. The van der Waals surface area contributed by atoms with Crippen LogP contribution in [-0.2, 0) is 9.53 Å². The van der Waals surface area contributed by atoms with Crippen LogP contribution in [0, 0.1) is 0 Å². The van der Waals surface area contributed by atoms with Crippen molar-refractivity contribution in [1.29, 1.82) is 0 Å². The molecule has 1 heterocycles. The van der Waals surface area contributed by atoms with Gasteiger partial charge in [-0.05, 0) is 18.4 Å². The summed E-state index contributed by atoms with van der Waals surface area (Å²) in [5.74, 6) is -0.0535. The van der Waals surface area contributed by atoms with Crippen LogP contribution >= 0.6 is 0 Å². The summed E-state index contributed by atoms with van der Waals surface area (Å²) in [5, 5.41) is 3.52. The van der Waals surface area contributed by atoms with E-state index in [0.29, 0.717) is 6.61 Å². The van der Waals surface area contributed by atoms with E-state index in [2.05, 4.69) is 17.4 Å². The van der Waals surface area contributed by atoms with Crippen molar-refractivity contribution in [3.63, 3.8) is 0 Å². The smallest absolute Gasteiger partial charge is 0.326 e. The van der Waals surface area contributed by atoms with Crippen LogP contribution in [0.1, 0.15) is 37.3 Å². The van der Waals surface area contributed by atoms with E-state index in [0.717, 1.165) is 25.7 Å². The van der Waals surface area contributed by atoms with E-state index in [1.54, 1.807) is 0 Å². The van der Waals surface area contributed by atoms with Crippen molar-refractivity contribution in [3.8, 4) is 0 Å². The van der Waals surface area contributed by atoms with Gasteiger partial charge in [-0.1, -0.05) is 43.2 Å². The highest BCUT2D eigenvalue weighted by molar-refractivity contribution is 5.82. The molecule has 2 fully saturated rings. The van der Waals surface area contributed by atoms with Gasteiger partial charge in [0.2, 0.25) is 0 Å². The molecule has 1 spiro atoms. The number of esters is 1. The molecule has 1 aromatic carbocycles. The number of benzene rings is 1. The number of cyclic esters (lactones) is 1. The highest BCUT2D eigenvalue weighted by atomic mass is 16.5. The van der Waals surface area contributed by atoms with Crippen molar-refractivity contribution in [2.75, 3.05) is 6.61 Å². The Morgan fingerprint density at radius 2 is 1.88 bits per heavy atom. The predicted molar refractivity (Wildman–Crippen MR) is 64.5 cm³/mol. The first kappa shape index (κ1) is 10.8. The second-order valence-corrected chi connectivity index (χ2v) is 5.00. The van der Waals surface area contributed by atoms with Gasteiger partial charge in [-0.3, -0.25) is 10.1 Å². The van der Waals surface area contributed by atoms with Gasteiger partial charge in [0.05, 0.1) is 6.04 Å². The van der Waals surface area contributed by atoms with Crippen molar-refractivity contribution in [2.45, 2.75) is 37.3 Å². The number of morpholine rings is 1. The summed E-state index contributed by atoms with van der Waals surface area (Å²) in [6.45, 7) is 0.449. The summed E-state index contributed by atoms with van der Waals surface area (Å²) in [5.41, 5.74) is 0.796. The average molecular weight is 231 g/mol. The maximum atomic E-state index is 11.9. The van der Waals surface area contributed by atoms with Crippen molar-refractivity contribution < 1.29 is 9.53 Å². The Morgan fingerprint density at radius 1 is 1.18 bits per heavy atom. The third-order valence-corrected chi connectivity index (χ3v) is 3.88. The topological polar surface area (TPSA) is 38.3 Å². The summed E-state index contributed by atoms with van der Waals surface area (Å²) in [6, 6.07) is 10.4. The normalized spacial score (nSPS) is 27.1. The third kappa shape index (κ3) is 1.84.